The highest BCUT2D eigenvalue weighted by Crippen LogP contribution is 2.23. The topological polar surface area (TPSA) is 45.8 Å². The molecule has 1 heterocycles. The van der Waals surface area contributed by atoms with E-state index in [4.69, 9.17) is 0 Å². The van der Waals surface area contributed by atoms with E-state index in [1.807, 2.05) is 19.1 Å². The van der Waals surface area contributed by atoms with E-state index >= 15 is 0 Å². The van der Waals surface area contributed by atoms with Gasteiger partial charge >= 0.3 is 0 Å². The van der Waals surface area contributed by atoms with Gasteiger partial charge in [0, 0.05) is 9.86 Å². The quantitative estimate of drug-likeness (QED) is 0.777. The number of benzene rings is 1. The number of H-pyrrole nitrogens is 1. The average Bonchev–Trinajstić information content (AvgIpc) is 2.48. The van der Waals surface area contributed by atoms with Crippen molar-refractivity contribution in [1.82, 2.24) is 10.2 Å². The van der Waals surface area contributed by atoms with Gasteiger partial charge < -0.3 is 0 Å². The third-order valence-electron chi connectivity index (χ3n) is 1.98. The summed E-state index contributed by atoms with van der Waals surface area (Å²) in [6, 6.07) is 3.83. The lowest BCUT2D eigenvalue weighted by Gasteiger charge is -1.96. The number of nitrogens with zero attached hydrogens (tertiary/aromatic N) is 1. The normalized spacial score (nSPS) is 10.6. The molecule has 0 aliphatic rings. The van der Waals surface area contributed by atoms with Crippen LogP contribution in [0.3, 0.4) is 0 Å². The average molecular weight is 239 g/mol. The van der Waals surface area contributed by atoms with Crippen LogP contribution in [-0.4, -0.2) is 16.5 Å². The molecule has 1 aromatic carbocycles. The molecule has 0 radical (unpaired) electrons. The van der Waals surface area contributed by atoms with E-state index in [-0.39, 0.29) is 0 Å². The molecule has 0 fully saturated rings. The number of aromatic nitrogens is 2. The lowest BCUT2D eigenvalue weighted by atomic mass is 10.1. The SMILES string of the molecule is Cc1cc2n[nH]c(C=O)c2cc1Br. The minimum atomic E-state index is 0.524. The van der Waals surface area contributed by atoms with Gasteiger partial charge in [0.15, 0.2) is 6.29 Å². The molecule has 0 atom stereocenters. The van der Waals surface area contributed by atoms with Crippen LogP contribution in [0.2, 0.25) is 0 Å². The van der Waals surface area contributed by atoms with Crippen molar-refractivity contribution in [3.8, 4) is 0 Å². The number of hydrogen-bond donors (Lipinski definition) is 1. The summed E-state index contributed by atoms with van der Waals surface area (Å²) < 4.78 is 0.990. The number of fused-ring (bicyclic) bond motifs is 1. The zero-order valence-corrected chi connectivity index (χ0v) is 8.55. The first-order valence-corrected chi connectivity index (χ1v) is 4.61. The van der Waals surface area contributed by atoms with Crippen LogP contribution >= 0.6 is 15.9 Å². The summed E-state index contributed by atoms with van der Waals surface area (Å²) in [5, 5.41) is 7.55. The Balaban J connectivity index is 2.84. The largest absolute Gasteiger partial charge is 0.296 e. The number of aldehydes is 1. The second-order valence-electron chi connectivity index (χ2n) is 2.87. The van der Waals surface area contributed by atoms with Gasteiger partial charge in [0.25, 0.3) is 0 Å². The number of aromatic amines is 1. The third-order valence-corrected chi connectivity index (χ3v) is 2.84. The first kappa shape index (κ1) is 8.44. The smallest absolute Gasteiger partial charge is 0.168 e. The second kappa shape index (κ2) is 2.96. The van der Waals surface area contributed by atoms with Gasteiger partial charge in [-0.25, -0.2) is 0 Å². The molecule has 4 heteroatoms. The molecule has 0 bridgehead atoms. The molecule has 0 amide bonds. The van der Waals surface area contributed by atoms with Gasteiger partial charge in [-0.3, -0.25) is 9.89 Å². The summed E-state index contributed by atoms with van der Waals surface area (Å²) in [7, 11) is 0. The van der Waals surface area contributed by atoms with Crippen molar-refractivity contribution in [1.29, 1.82) is 0 Å². The molecule has 2 rings (SSSR count). The Morgan fingerprint density at radius 3 is 3.00 bits per heavy atom. The van der Waals surface area contributed by atoms with Crippen molar-refractivity contribution in [2.24, 2.45) is 0 Å². The molecule has 0 unspecified atom stereocenters. The molecule has 1 aromatic heterocycles. The van der Waals surface area contributed by atoms with Crippen molar-refractivity contribution in [3.05, 3.63) is 27.9 Å². The fourth-order valence-electron chi connectivity index (χ4n) is 1.25. The van der Waals surface area contributed by atoms with Crippen LogP contribution in [0.4, 0.5) is 0 Å². The Kier molecular flexibility index (Phi) is 1.92. The predicted octanol–water partition coefficient (Wildman–Crippen LogP) is 2.45. The summed E-state index contributed by atoms with van der Waals surface area (Å²) in [6.45, 7) is 1.98. The summed E-state index contributed by atoms with van der Waals surface area (Å²) in [6.07, 6.45) is 0.775. The molecule has 13 heavy (non-hydrogen) atoms. The van der Waals surface area contributed by atoms with Gasteiger partial charge in [0.1, 0.15) is 5.69 Å². The van der Waals surface area contributed by atoms with Gasteiger partial charge in [-0.05, 0) is 24.6 Å². The molecule has 3 nitrogen and oxygen atoms in total. The van der Waals surface area contributed by atoms with E-state index in [0.29, 0.717) is 5.69 Å². The minimum Gasteiger partial charge on any atom is -0.296 e. The maximum absolute atomic E-state index is 10.6. The molecule has 0 aliphatic heterocycles. The fraction of sp³-hybridized carbons (Fsp3) is 0.111. The van der Waals surface area contributed by atoms with Crippen LogP contribution in [-0.2, 0) is 0 Å². The van der Waals surface area contributed by atoms with E-state index < -0.39 is 0 Å². The molecule has 66 valence electrons. The van der Waals surface area contributed by atoms with Crippen LogP contribution in [0.1, 0.15) is 16.1 Å². The Hall–Kier alpha value is -1.16. The maximum atomic E-state index is 10.6. The first-order chi connectivity index (χ1) is 6.22. The van der Waals surface area contributed by atoms with Crippen molar-refractivity contribution in [3.63, 3.8) is 0 Å². The maximum Gasteiger partial charge on any atom is 0.168 e. The van der Waals surface area contributed by atoms with Crippen molar-refractivity contribution < 1.29 is 4.79 Å². The highest BCUT2D eigenvalue weighted by Gasteiger charge is 2.06. The number of halogens is 1. The van der Waals surface area contributed by atoms with Gasteiger partial charge in [-0.1, -0.05) is 15.9 Å². The molecule has 0 spiro atoms. The van der Waals surface area contributed by atoms with Crippen LogP contribution < -0.4 is 0 Å². The third kappa shape index (κ3) is 1.27. The van der Waals surface area contributed by atoms with Crippen molar-refractivity contribution in [2.45, 2.75) is 6.92 Å². The lowest BCUT2D eigenvalue weighted by Crippen LogP contribution is -1.80. The van der Waals surface area contributed by atoms with Gasteiger partial charge in [-0.2, -0.15) is 5.10 Å². The molecular weight excluding hydrogens is 232 g/mol. The Bertz CT molecular complexity index is 476. The highest BCUT2D eigenvalue weighted by molar-refractivity contribution is 9.10. The number of hydrogen-bond acceptors (Lipinski definition) is 2. The second-order valence-corrected chi connectivity index (χ2v) is 3.73. The molecular formula is C9H7BrN2O. The van der Waals surface area contributed by atoms with E-state index in [1.54, 1.807) is 0 Å². The number of nitrogens with one attached hydrogen (secondary N) is 1. The molecule has 0 saturated carbocycles. The van der Waals surface area contributed by atoms with E-state index in [2.05, 4.69) is 26.1 Å². The lowest BCUT2D eigenvalue weighted by molar-refractivity contribution is 0.112. The number of carbonyl (C=O) groups excluding carboxylic acids is 1. The van der Waals surface area contributed by atoms with Crippen LogP contribution in [0.15, 0.2) is 16.6 Å². The molecule has 1 N–H and O–H groups in total. The van der Waals surface area contributed by atoms with Gasteiger partial charge in [0.2, 0.25) is 0 Å². The van der Waals surface area contributed by atoms with Crippen LogP contribution in [0, 0.1) is 6.92 Å². The Morgan fingerprint density at radius 2 is 2.31 bits per heavy atom. The first-order valence-electron chi connectivity index (χ1n) is 3.82. The van der Waals surface area contributed by atoms with E-state index in [1.165, 1.54) is 0 Å². The Morgan fingerprint density at radius 1 is 1.54 bits per heavy atom. The number of aryl methyl sites for hydroxylation is 1. The zero-order chi connectivity index (χ0) is 9.42. The highest BCUT2D eigenvalue weighted by atomic mass is 79.9. The number of carbonyl (C=O) groups is 1. The minimum absolute atomic E-state index is 0.524. The zero-order valence-electron chi connectivity index (χ0n) is 6.97. The van der Waals surface area contributed by atoms with E-state index in [9.17, 15) is 4.79 Å². The Labute approximate surface area is 83.3 Å². The molecule has 0 saturated heterocycles. The van der Waals surface area contributed by atoms with Crippen molar-refractivity contribution in [2.75, 3.05) is 0 Å². The van der Waals surface area contributed by atoms with E-state index in [0.717, 1.165) is 27.2 Å². The molecule has 0 aliphatic carbocycles. The van der Waals surface area contributed by atoms with Crippen LogP contribution in [0.5, 0.6) is 0 Å². The van der Waals surface area contributed by atoms with Crippen LogP contribution in [0.25, 0.3) is 10.9 Å². The van der Waals surface area contributed by atoms with Crippen molar-refractivity contribution >= 4 is 33.1 Å². The summed E-state index contributed by atoms with van der Waals surface area (Å²) in [4.78, 5) is 10.6. The monoisotopic (exact) mass is 238 g/mol. The molecule has 2 aromatic rings. The summed E-state index contributed by atoms with van der Waals surface area (Å²) in [5.74, 6) is 0. The van der Waals surface area contributed by atoms with Gasteiger partial charge in [-0.15, -0.1) is 0 Å². The predicted molar refractivity (Wildman–Crippen MR) is 53.9 cm³/mol. The standard InChI is InChI=1S/C9H7BrN2O/c1-5-2-8-6(3-7(5)10)9(4-13)12-11-8/h2-4H,1H3,(H,11,12). The fourth-order valence-corrected chi connectivity index (χ4v) is 1.59. The van der Waals surface area contributed by atoms with Gasteiger partial charge in [0.05, 0.1) is 5.52 Å². The summed E-state index contributed by atoms with van der Waals surface area (Å²) in [5.41, 5.74) is 2.45. The number of rotatable bonds is 1. The summed E-state index contributed by atoms with van der Waals surface area (Å²) >= 11 is 3.41.